The summed E-state index contributed by atoms with van der Waals surface area (Å²) in [6.07, 6.45) is 0.821. The van der Waals surface area contributed by atoms with Crippen molar-refractivity contribution >= 4 is 34.8 Å². The fraction of sp³-hybridized carbons (Fsp3) is 0.308. The summed E-state index contributed by atoms with van der Waals surface area (Å²) in [5, 5.41) is 2.58. The first kappa shape index (κ1) is 23.5. The summed E-state index contributed by atoms with van der Waals surface area (Å²) < 4.78 is 5.21. The van der Waals surface area contributed by atoms with E-state index < -0.39 is 0 Å². The van der Waals surface area contributed by atoms with Gasteiger partial charge in [0, 0.05) is 35.7 Å². The van der Waals surface area contributed by atoms with E-state index in [1.165, 1.54) is 10.4 Å². The molecule has 172 valence electrons. The molecule has 0 saturated heterocycles. The Kier molecular flexibility index (Phi) is 7.48. The van der Waals surface area contributed by atoms with Gasteiger partial charge in [0.1, 0.15) is 6.54 Å². The molecule has 1 aliphatic heterocycles. The van der Waals surface area contributed by atoms with Crippen LogP contribution in [0.25, 0.3) is 0 Å². The van der Waals surface area contributed by atoms with Crippen molar-refractivity contribution < 1.29 is 14.3 Å². The minimum absolute atomic E-state index is 0.0173. The number of aryl methyl sites for hydroxylation is 1. The molecule has 3 aromatic rings. The number of amides is 2. The molecule has 0 N–H and O–H groups in total. The standard InChI is InChI=1S/C26H27ClN2O3S/c1-18-6-3-4-9-21(18)25-22-11-15-33-23(22)10-12-29(25)24(30)17-28(13-14-32-2)26(31)19-7-5-8-20(27)16-19/h3-9,11,15-16,25H,10,12-14,17H2,1-2H3. The Morgan fingerprint density at radius 1 is 1.15 bits per heavy atom. The number of hydrogen-bond donors (Lipinski definition) is 0. The zero-order chi connectivity index (χ0) is 23.4. The van der Waals surface area contributed by atoms with Crippen LogP contribution in [0.15, 0.2) is 60.0 Å². The van der Waals surface area contributed by atoms with Crippen molar-refractivity contribution in [1.29, 1.82) is 0 Å². The van der Waals surface area contributed by atoms with Crippen LogP contribution in [0.2, 0.25) is 5.02 Å². The van der Waals surface area contributed by atoms with Crippen LogP contribution in [0.3, 0.4) is 0 Å². The van der Waals surface area contributed by atoms with Crippen LogP contribution in [0.1, 0.15) is 38.0 Å². The number of carbonyl (C=O) groups excluding carboxylic acids is 2. The van der Waals surface area contributed by atoms with Crippen molar-refractivity contribution in [2.45, 2.75) is 19.4 Å². The first-order chi connectivity index (χ1) is 16.0. The van der Waals surface area contributed by atoms with E-state index in [-0.39, 0.29) is 24.4 Å². The highest BCUT2D eigenvalue weighted by Crippen LogP contribution is 2.39. The molecule has 5 nitrogen and oxygen atoms in total. The molecule has 7 heteroatoms. The molecule has 1 aromatic heterocycles. The van der Waals surface area contributed by atoms with Crippen molar-refractivity contribution in [3.8, 4) is 0 Å². The molecule has 33 heavy (non-hydrogen) atoms. The molecular formula is C26H27ClN2O3S. The minimum Gasteiger partial charge on any atom is -0.383 e. The van der Waals surface area contributed by atoms with Crippen LogP contribution >= 0.6 is 22.9 Å². The smallest absolute Gasteiger partial charge is 0.254 e. The van der Waals surface area contributed by atoms with E-state index in [1.54, 1.807) is 47.6 Å². The molecule has 0 fully saturated rings. The van der Waals surface area contributed by atoms with Crippen LogP contribution < -0.4 is 0 Å². The molecule has 1 atom stereocenters. The molecule has 0 saturated carbocycles. The number of hydrogen-bond acceptors (Lipinski definition) is 4. The summed E-state index contributed by atoms with van der Waals surface area (Å²) in [6.45, 7) is 3.34. The average Bonchev–Trinajstić information content (AvgIpc) is 3.30. The molecule has 0 bridgehead atoms. The van der Waals surface area contributed by atoms with Gasteiger partial charge in [-0.05, 0) is 59.7 Å². The number of halogens is 1. The molecular weight excluding hydrogens is 456 g/mol. The lowest BCUT2D eigenvalue weighted by Crippen LogP contribution is -2.47. The maximum Gasteiger partial charge on any atom is 0.254 e. The first-order valence-corrected chi connectivity index (χ1v) is 12.2. The number of thiophene rings is 1. The van der Waals surface area contributed by atoms with Crippen molar-refractivity contribution in [2.75, 3.05) is 33.4 Å². The Morgan fingerprint density at radius 3 is 2.73 bits per heavy atom. The van der Waals surface area contributed by atoms with Crippen LogP contribution in [0, 0.1) is 6.92 Å². The summed E-state index contributed by atoms with van der Waals surface area (Å²) in [7, 11) is 1.58. The van der Waals surface area contributed by atoms with Crippen molar-refractivity contribution in [3.05, 3.63) is 92.1 Å². The number of ether oxygens (including phenoxy) is 1. The maximum absolute atomic E-state index is 13.7. The lowest BCUT2D eigenvalue weighted by Gasteiger charge is -2.38. The van der Waals surface area contributed by atoms with Gasteiger partial charge in [0.05, 0.1) is 12.6 Å². The van der Waals surface area contributed by atoms with E-state index in [0.29, 0.717) is 30.3 Å². The summed E-state index contributed by atoms with van der Waals surface area (Å²) in [5.74, 6) is -0.310. The van der Waals surface area contributed by atoms with Gasteiger partial charge in [-0.1, -0.05) is 41.9 Å². The van der Waals surface area contributed by atoms with Crippen molar-refractivity contribution in [3.63, 3.8) is 0 Å². The first-order valence-electron chi connectivity index (χ1n) is 10.9. The summed E-state index contributed by atoms with van der Waals surface area (Å²) >= 11 is 7.84. The maximum atomic E-state index is 13.7. The monoisotopic (exact) mass is 482 g/mol. The van der Waals surface area contributed by atoms with E-state index in [1.807, 2.05) is 17.0 Å². The van der Waals surface area contributed by atoms with E-state index in [4.69, 9.17) is 16.3 Å². The van der Waals surface area contributed by atoms with Crippen LogP contribution in [-0.4, -0.2) is 55.0 Å². The van der Waals surface area contributed by atoms with Crippen LogP contribution in [-0.2, 0) is 16.0 Å². The number of fused-ring (bicyclic) bond motifs is 1. The van der Waals surface area contributed by atoms with Gasteiger partial charge in [-0.25, -0.2) is 0 Å². The Morgan fingerprint density at radius 2 is 1.97 bits per heavy atom. The topological polar surface area (TPSA) is 49.9 Å². The molecule has 0 aliphatic carbocycles. The van der Waals surface area contributed by atoms with Crippen LogP contribution in [0.4, 0.5) is 0 Å². The SMILES string of the molecule is COCCN(CC(=O)N1CCc2sccc2C1c1ccccc1C)C(=O)c1cccc(Cl)c1. The zero-order valence-corrected chi connectivity index (χ0v) is 20.4. The van der Waals surface area contributed by atoms with E-state index in [0.717, 1.165) is 17.5 Å². The van der Waals surface area contributed by atoms with Gasteiger partial charge in [0.15, 0.2) is 0 Å². The molecule has 2 amide bonds. The molecule has 0 radical (unpaired) electrons. The van der Waals surface area contributed by atoms with Gasteiger partial charge < -0.3 is 14.5 Å². The molecule has 4 rings (SSSR count). The Hall–Kier alpha value is -2.67. The number of methoxy groups -OCH3 is 1. The summed E-state index contributed by atoms with van der Waals surface area (Å²) in [6, 6.07) is 17.0. The quantitative estimate of drug-likeness (QED) is 0.477. The van der Waals surface area contributed by atoms with Gasteiger partial charge in [0.2, 0.25) is 5.91 Å². The number of nitrogens with zero attached hydrogens (tertiary/aromatic N) is 2. The number of benzene rings is 2. The van der Waals surface area contributed by atoms with Gasteiger partial charge in [-0.3, -0.25) is 9.59 Å². The van der Waals surface area contributed by atoms with E-state index in [9.17, 15) is 9.59 Å². The lowest BCUT2D eigenvalue weighted by atomic mass is 9.90. The third-order valence-corrected chi connectivity index (χ3v) is 7.25. The van der Waals surface area contributed by atoms with Gasteiger partial charge in [-0.2, -0.15) is 0 Å². The second kappa shape index (κ2) is 10.5. The fourth-order valence-electron chi connectivity index (χ4n) is 4.33. The molecule has 1 aliphatic rings. The second-order valence-electron chi connectivity index (χ2n) is 8.13. The number of carbonyl (C=O) groups is 2. The van der Waals surface area contributed by atoms with Gasteiger partial charge in [-0.15, -0.1) is 11.3 Å². The largest absolute Gasteiger partial charge is 0.383 e. The van der Waals surface area contributed by atoms with Gasteiger partial charge in [0.25, 0.3) is 5.91 Å². The highest BCUT2D eigenvalue weighted by Gasteiger charge is 2.34. The predicted molar refractivity (Wildman–Crippen MR) is 132 cm³/mol. The summed E-state index contributed by atoms with van der Waals surface area (Å²) in [5.41, 5.74) is 3.90. The predicted octanol–water partition coefficient (Wildman–Crippen LogP) is 4.97. The zero-order valence-electron chi connectivity index (χ0n) is 18.8. The molecule has 2 aromatic carbocycles. The highest BCUT2D eigenvalue weighted by atomic mass is 35.5. The van der Waals surface area contributed by atoms with Crippen molar-refractivity contribution in [2.24, 2.45) is 0 Å². The molecule has 2 heterocycles. The fourth-order valence-corrected chi connectivity index (χ4v) is 5.42. The van der Waals surface area contributed by atoms with Crippen LogP contribution in [0.5, 0.6) is 0 Å². The average molecular weight is 483 g/mol. The number of rotatable bonds is 7. The second-order valence-corrected chi connectivity index (χ2v) is 9.56. The van der Waals surface area contributed by atoms with Crippen molar-refractivity contribution in [1.82, 2.24) is 9.80 Å². The molecule has 0 spiro atoms. The third-order valence-electron chi connectivity index (χ3n) is 6.02. The van der Waals surface area contributed by atoms with Gasteiger partial charge >= 0.3 is 0 Å². The summed E-state index contributed by atoms with van der Waals surface area (Å²) in [4.78, 5) is 31.7. The lowest BCUT2D eigenvalue weighted by molar-refractivity contribution is -0.134. The Balaban J connectivity index is 1.63. The molecule has 1 unspecified atom stereocenters. The highest BCUT2D eigenvalue weighted by molar-refractivity contribution is 7.10. The van der Waals surface area contributed by atoms with E-state index >= 15 is 0 Å². The third kappa shape index (κ3) is 5.13. The minimum atomic E-state index is -0.233. The normalized spacial score (nSPS) is 15.2. The van der Waals surface area contributed by atoms with E-state index in [2.05, 4.69) is 30.5 Å². The Labute approximate surface area is 203 Å². The Bertz CT molecular complexity index is 1150.